The van der Waals surface area contributed by atoms with Crippen LogP contribution in [-0.4, -0.2) is 42.3 Å². The van der Waals surface area contributed by atoms with Gasteiger partial charge in [-0.2, -0.15) is 0 Å². The summed E-state index contributed by atoms with van der Waals surface area (Å²) in [5, 5.41) is 20.8. The van der Waals surface area contributed by atoms with Crippen molar-refractivity contribution in [2.75, 3.05) is 30.1 Å². The Morgan fingerprint density at radius 3 is 2.73 bits per heavy atom. The molecule has 2 aliphatic rings. The van der Waals surface area contributed by atoms with Gasteiger partial charge in [0.2, 0.25) is 5.91 Å². The van der Waals surface area contributed by atoms with Gasteiger partial charge in [0.25, 0.3) is 5.91 Å². The zero-order chi connectivity index (χ0) is 23.6. The maximum absolute atomic E-state index is 13.6. The van der Waals surface area contributed by atoms with Crippen LogP contribution in [0.5, 0.6) is 5.75 Å². The van der Waals surface area contributed by atoms with Crippen LogP contribution in [0.4, 0.5) is 11.4 Å². The molecule has 0 unspecified atom stereocenters. The normalized spacial score (nSPS) is 21.2. The fraction of sp³-hybridized carbons (Fsp3) is 0.385. The standard InChI is InChI=1S/C26H30N2O5/c1-18(7-3-4-14-29)26(32)22-16-21(33-2)11-12-23(22)28(25(26)31)17-19-8-5-9-20(15-19)27-13-6-10-24(27)30/h3,5,7-9,11-12,15-16,18,29,32H,4,6,10,13-14,17H2,1-2H3/b7-3+/t18-,26+/m0/s1. The fourth-order valence-corrected chi connectivity index (χ4v) is 4.65. The number of anilines is 2. The third kappa shape index (κ3) is 4.14. The Labute approximate surface area is 193 Å². The molecule has 2 atom stereocenters. The van der Waals surface area contributed by atoms with E-state index < -0.39 is 17.4 Å². The molecule has 2 N–H and O–H groups in total. The molecule has 7 nitrogen and oxygen atoms in total. The number of amides is 2. The van der Waals surface area contributed by atoms with Crippen LogP contribution in [0.3, 0.4) is 0 Å². The summed E-state index contributed by atoms with van der Waals surface area (Å²) in [7, 11) is 1.55. The number of hydrogen-bond acceptors (Lipinski definition) is 5. The summed E-state index contributed by atoms with van der Waals surface area (Å²) >= 11 is 0. The van der Waals surface area contributed by atoms with Gasteiger partial charge in [-0.25, -0.2) is 0 Å². The molecule has 1 fully saturated rings. The maximum Gasteiger partial charge on any atom is 0.264 e. The first kappa shape index (κ1) is 23.0. The molecule has 0 aromatic heterocycles. The molecule has 0 radical (unpaired) electrons. The Morgan fingerprint density at radius 1 is 1.21 bits per heavy atom. The fourth-order valence-electron chi connectivity index (χ4n) is 4.65. The highest BCUT2D eigenvalue weighted by Gasteiger charge is 2.52. The third-order valence-electron chi connectivity index (χ3n) is 6.49. The molecule has 33 heavy (non-hydrogen) atoms. The average molecular weight is 451 g/mol. The van der Waals surface area contributed by atoms with E-state index >= 15 is 0 Å². The first-order valence-electron chi connectivity index (χ1n) is 11.3. The molecule has 0 bridgehead atoms. The number of nitrogens with zero attached hydrogens (tertiary/aromatic N) is 2. The summed E-state index contributed by atoms with van der Waals surface area (Å²) in [6.07, 6.45) is 5.39. The van der Waals surface area contributed by atoms with E-state index in [0.29, 0.717) is 36.4 Å². The number of benzene rings is 2. The second-order valence-corrected chi connectivity index (χ2v) is 8.59. The Hall–Kier alpha value is -3.16. The van der Waals surface area contributed by atoms with E-state index in [-0.39, 0.29) is 19.1 Å². The Bertz CT molecular complexity index is 1080. The van der Waals surface area contributed by atoms with Crippen molar-refractivity contribution >= 4 is 23.2 Å². The zero-order valence-corrected chi connectivity index (χ0v) is 19.0. The number of ether oxygens (including phenoxy) is 1. The second kappa shape index (κ2) is 9.37. The number of aliphatic hydroxyl groups excluding tert-OH is 1. The molecule has 174 valence electrons. The van der Waals surface area contributed by atoms with Crippen LogP contribution in [-0.2, 0) is 21.7 Å². The first-order valence-corrected chi connectivity index (χ1v) is 11.3. The van der Waals surface area contributed by atoms with E-state index in [2.05, 4.69) is 0 Å². The van der Waals surface area contributed by atoms with E-state index in [1.165, 1.54) is 0 Å². The van der Waals surface area contributed by atoms with Gasteiger partial charge in [0.05, 0.1) is 19.3 Å². The van der Waals surface area contributed by atoms with E-state index in [9.17, 15) is 14.7 Å². The Kier molecular flexibility index (Phi) is 6.54. The van der Waals surface area contributed by atoms with Crippen LogP contribution in [0.1, 0.15) is 37.3 Å². The molecule has 2 amide bonds. The minimum Gasteiger partial charge on any atom is -0.497 e. The smallest absolute Gasteiger partial charge is 0.264 e. The molecule has 0 aliphatic carbocycles. The second-order valence-electron chi connectivity index (χ2n) is 8.59. The lowest BCUT2D eigenvalue weighted by Crippen LogP contribution is -2.44. The summed E-state index contributed by atoms with van der Waals surface area (Å²) in [6.45, 7) is 2.76. The lowest BCUT2D eigenvalue weighted by Gasteiger charge is -2.28. The van der Waals surface area contributed by atoms with Gasteiger partial charge in [0, 0.05) is 36.7 Å². The summed E-state index contributed by atoms with van der Waals surface area (Å²) in [4.78, 5) is 29.2. The van der Waals surface area contributed by atoms with Crippen molar-refractivity contribution in [3.8, 4) is 5.75 Å². The van der Waals surface area contributed by atoms with Crippen molar-refractivity contribution in [3.63, 3.8) is 0 Å². The van der Waals surface area contributed by atoms with Crippen molar-refractivity contribution in [1.29, 1.82) is 0 Å². The highest BCUT2D eigenvalue weighted by atomic mass is 16.5. The monoisotopic (exact) mass is 450 g/mol. The van der Waals surface area contributed by atoms with Gasteiger partial charge in [0.1, 0.15) is 5.75 Å². The van der Waals surface area contributed by atoms with Gasteiger partial charge < -0.3 is 24.7 Å². The van der Waals surface area contributed by atoms with Gasteiger partial charge in [-0.05, 0) is 48.7 Å². The first-order chi connectivity index (χ1) is 15.9. The van der Waals surface area contributed by atoms with E-state index in [1.807, 2.05) is 24.3 Å². The third-order valence-corrected chi connectivity index (χ3v) is 6.49. The summed E-state index contributed by atoms with van der Waals surface area (Å²) in [5.41, 5.74) is 1.08. The van der Waals surface area contributed by atoms with E-state index in [1.54, 1.807) is 54.2 Å². The van der Waals surface area contributed by atoms with Gasteiger partial charge in [-0.1, -0.05) is 31.2 Å². The van der Waals surface area contributed by atoms with Crippen LogP contribution < -0.4 is 14.5 Å². The van der Waals surface area contributed by atoms with Gasteiger partial charge >= 0.3 is 0 Å². The topological polar surface area (TPSA) is 90.3 Å². The number of carbonyl (C=O) groups is 2. The molecular formula is C26H30N2O5. The molecule has 0 saturated carbocycles. The quantitative estimate of drug-likeness (QED) is 0.603. The number of fused-ring (bicyclic) bond motifs is 1. The predicted molar refractivity (Wildman–Crippen MR) is 126 cm³/mol. The largest absolute Gasteiger partial charge is 0.497 e. The summed E-state index contributed by atoms with van der Waals surface area (Å²) in [5.74, 6) is -0.252. The van der Waals surface area contributed by atoms with Crippen molar-refractivity contribution in [2.24, 2.45) is 5.92 Å². The molecule has 2 aromatic carbocycles. The zero-order valence-electron chi connectivity index (χ0n) is 19.0. The van der Waals surface area contributed by atoms with Crippen molar-refractivity contribution < 1.29 is 24.5 Å². The summed E-state index contributed by atoms with van der Waals surface area (Å²) in [6, 6.07) is 12.9. The Morgan fingerprint density at radius 2 is 2.03 bits per heavy atom. The predicted octanol–water partition coefficient (Wildman–Crippen LogP) is 3.13. The lowest BCUT2D eigenvalue weighted by atomic mass is 9.83. The number of rotatable bonds is 8. The van der Waals surface area contributed by atoms with E-state index in [4.69, 9.17) is 9.84 Å². The maximum atomic E-state index is 13.6. The van der Waals surface area contributed by atoms with Gasteiger partial charge in [0.15, 0.2) is 5.60 Å². The van der Waals surface area contributed by atoms with Crippen molar-refractivity contribution in [1.82, 2.24) is 0 Å². The van der Waals surface area contributed by atoms with Crippen LogP contribution in [0.2, 0.25) is 0 Å². The average Bonchev–Trinajstić information content (AvgIpc) is 3.35. The highest BCUT2D eigenvalue weighted by Crippen LogP contribution is 2.47. The number of carbonyl (C=O) groups excluding carboxylic acids is 2. The molecule has 0 spiro atoms. The van der Waals surface area contributed by atoms with Crippen molar-refractivity contribution in [3.05, 3.63) is 65.7 Å². The van der Waals surface area contributed by atoms with Crippen LogP contribution in [0.25, 0.3) is 0 Å². The minimum atomic E-state index is -1.75. The lowest BCUT2D eigenvalue weighted by molar-refractivity contribution is -0.139. The molecule has 1 saturated heterocycles. The molecule has 2 aliphatic heterocycles. The van der Waals surface area contributed by atoms with E-state index in [0.717, 1.165) is 17.7 Å². The molecule has 2 heterocycles. The van der Waals surface area contributed by atoms with Crippen LogP contribution in [0.15, 0.2) is 54.6 Å². The van der Waals surface area contributed by atoms with Crippen molar-refractivity contribution in [2.45, 2.75) is 38.3 Å². The minimum absolute atomic E-state index is 0.00198. The van der Waals surface area contributed by atoms with Gasteiger partial charge in [-0.15, -0.1) is 0 Å². The summed E-state index contributed by atoms with van der Waals surface area (Å²) < 4.78 is 5.35. The number of aliphatic hydroxyl groups is 2. The van der Waals surface area contributed by atoms with Crippen LogP contribution in [0, 0.1) is 5.92 Å². The SMILES string of the molecule is COc1ccc2c(c1)[C@](O)([C@@H](C)/C=C/CCO)C(=O)N2Cc1cccc(N2CCCC2=O)c1. The number of methoxy groups -OCH3 is 1. The molecule has 4 rings (SSSR count). The number of hydrogen-bond donors (Lipinski definition) is 2. The molecule has 2 aromatic rings. The Balaban J connectivity index is 1.69. The highest BCUT2D eigenvalue weighted by molar-refractivity contribution is 6.07. The van der Waals surface area contributed by atoms with Crippen LogP contribution >= 0.6 is 0 Å². The van der Waals surface area contributed by atoms with Gasteiger partial charge in [-0.3, -0.25) is 9.59 Å². The molecular weight excluding hydrogens is 420 g/mol. The molecule has 7 heteroatoms.